The van der Waals surface area contributed by atoms with Gasteiger partial charge in [-0.1, -0.05) is 0 Å². The van der Waals surface area contributed by atoms with Gasteiger partial charge in [0.2, 0.25) is 0 Å². The molecule has 0 nitrogen and oxygen atoms in total. The van der Waals surface area contributed by atoms with Crippen molar-refractivity contribution in [1.29, 1.82) is 0 Å². The maximum absolute atomic E-state index is 5.87. The molecule has 0 unspecified atom stereocenters. The molecule has 3 heteroatoms. The normalized spacial score (nSPS) is 10.8. The molecule has 0 fully saturated rings. The molecule has 0 heterocycles. The van der Waals surface area contributed by atoms with Crippen LogP contribution in [0.2, 0.25) is 10.0 Å². The van der Waals surface area contributed by atoms with E-state index in [1.54, 1.807) is 0 Å². The fourth-order valence-electron chi connectivity index (χ4n) is 1.50. The molecule has 0 aromatic heterocycles. The van der Waals surface area contributed by atoms with Gasteiger partial charge in [0.1, 0.15) is 0 Å². The second-order valence-corrected chi connectivity index (χ2v) is 6.06. The van der Waals surface area contributed by atoms with E-state index in [9.17, 15) is 0 Å². The van der Waals surface area contributed by atoms with Crippen LogP contribution in [0.15, 0.2) is 48.5 Å². The SMILES string of the molecule is Clc1ccc([CH]([Sn+3])c2ccc(Cl)cc2)cc1. The van der Waals surface area contributed by atoms with Crippen molar-refractivity contribution in [3.8, 4) is 0 Å². The van der Waals surface area contributed by atoms with Gasteiger partial charge in [0.15, 0.2) is 0 Å². The summed E-state index contributed by atoms with van der Waals surface area (Å²) in [5.41, 5.74) is 2.59. The monoisotopic (exact) mass is 355 g/mol. The van der Waals surface area contributed by atoms with Crippen molar-refractivity contribution in [1.82, 2.24) is 0 Å². The third-order valence-electron chi connectivity index (χ3n) is 2.41. The number of hydrogen-bond acceptors (Lipinski definition) is 0. The molecule has 16 heavy (non-hydrogen) atoms. The first-order chi connectivity index (χ1) is 7.66. The van der Waals surface area contributed by atoms with Gasteiger partial charge in [-0.15, -0.1) is 0 Å². The molecule has 0 saturated heterocycles. The molecule has 0 amide bonds. The number of benzene rings is 2. The first kappa shape index (κ1) is 12.3. The van der Waals surface area contributed by atoms with Gasteiger partial charge in [-0.25, -0.2) is 0 Å². The van der Waals surface area contributed by atoms with Crippen LogP contribution in [0.5, 0.6) is 0 Å². The van der Waals surface area contributed by atoms with Crippen LogP contribution in [0.4, 0.5) is 0 Å². The fraction of sp³-hybridized carbons (Fsp3) is 0.0769. The molecule has 0 radical (unpaired) electrons. The topological polar surface area (TPSA) is 0 Å². The third-order valence-corrected chi connectivity index (χ3v) is 4.81. The standard InChI is InChI=1S/C13H9Cl2.Sn/c14-12-5-1-10(2-6-12)9-11-3-7-13(15)8-4-11;/h1-9H;/q;+3. The Hall–Kier alpha value is -0.181. The van der Waals surface area contributed by atoms with Crippen molar-refractivity contribution in [3.63, 3.8) is 0 Å². The molecule has 2 aromatic carbocycles. The summed E-state index contributed by atoms with van der Waals surface area (Å²) in [5.74, 6) is 0. The van der Waals surface area contributed by atoms with Gasteiger partial charge in [0, 0.05) is 0 Å². The Bertz CT molecular complexity index is 417. The van der Waals surface area contributed by atoms with Crippen molar-refractivity contribution in [2.45, 2.75) is 3.93 Å². The molecule has 0 bridgehead atoms. The number of halogens is 2. The molecule has 0 aliphatic rings. The predicted octanol–water partition coefficient (Wildman–Crippen LogP) is 4.25. The van der Waals surface area contributed by atoms with Crippen LogP contribution in [-0.4, -0.2) is 22.5 Å². The first-order valence-corrected chi connectivity index (χ1v) is 7.29. The number of hydrogen-bond donors (Lipinski definition) is 0. The van der Waals surface area contributed by atoms with E-state index in [0.717, 1.165) is 10.0 Å². The Balaban J connectivity index is 2.28. The second kappa shape index (κ2) is 5.43. The van der Waals surface area contributed by atoms with Crippen molar-refractivity contribution < 1.29 is 0 Å². The van der Waals surface area contributed by atoms with Gasteiger partial charge in [0.25, 0.3) is 0 Å². The van der Waals surface area contributed by atoms with Gasteiger partial charge in [0.05, 0.1) is 0 Å². The molecule has 0 saturated carbocycles. The van der Waals surface area contributed by atoms with Crippen LogP contribution in [0.25, 0.3) is 0 Å². The third kappa shape index (κ3) is 2.93. The van der Waals surface area contributed by atoms with Gasteiger partial charge < -0.3 is 0 Å². The minimum atomic E-state index is 0.446. The fourth-order valence-corrected chi connectivity index (χ4v) is 2.85. The van der Waals surface area contributed by atoms with Crippen molar-refractivity contribution >= 4 is 45.7 Å². The molecule has 0 aliphatic heterocycles. The molecule has 76 valence electrons. The molecule has 2 aromatic rings. The van der Waals surface area contributed by atoms with Crippen LogP contribution < -0.4 is 0 Å². The summed E-state index contributed by atoms with van der Waals surface area (Å²) in [5, 5.41) is 1.56. The molecule has 0 N–H and O–H groups in total. The zero-order valence-electron chi connectivity index (χ0n) is 8.45. The summed E-state index contributed by atoms with van der Waals surface area (Å²) in [7, 11) is 0. The van der Waals surface area contributed by atoms with Gasteiger partial charge >= 0.3 is 119 Å². The van der Waals surface area contributed by atoms with Crippen LogP contribution in [0, 0.1) is 0 Å². The van der Waals surface area contributed by atoms with E-state index in [0.29, 0.717) is 3.93 Å². The van der Waals surface area contributed by atoms with E-state index in [4.69, 9.17) is 23.2 Å². The summed E-state index contributed by atoms with van der Waals surface area (Å²) in [6.07, 6.45) is 0. The Morgan fingerprint density at radius 2 is 1.00 bits per heavy atom. The quantitative estimate of drug-likeness (QED) is 0.707. The maximum atomic E-state index is 5.87. The van der Waals surface area contributed by atoms with Crippen LogP contribution in [-0.2, 0) is 0 Å². The Kier molecular flexibility index (Phi) is 4.17. The van der Waals surface area contributed by atoms with Crippen LogP contribution in [0.3, 0.4) is 0 Å². The van der Waals surface area contributed by atoms with E-state index in [-0.39, 0.29) is 0 Å². The van der Waals surface area contributed by atoms with E-state index < -0.39 is 0 Å². The Morgan fingerprint density at radius 1 is 0.688 bits per heavy atom. The van der Waals surface area contributed by atoms with Crippen molar-refractivity contribution in [3.05, 3.63) is 69.7 Å². The molecular weight excluding hydrogens is 346 g/mol. The molecular formula is C13H9Cl2Sn+3. The molecule has 0 aliphatic carbocycles. The Morgan fingerprint density at radius 3 is 1.31 bits per heavy atom. The van der Waals surface area contributed by atoms with Crippen molar-refractivity contribution in [2.75, 3.05) is 0 Å². The zero-order valence-corrected chi connectivity index (χ0v) is 12.8. The summed E-state index contributed by atoms with van der Waals surface area (Å²) in [6, 6.07) is 16.1. The zero-order chi connectivity index (χ0) is 11.5. The van der Waals surface area contributed by atoms with E-state index in [1.807, 2.05) is 24.3 Å². The first-order valence-electron chi connectivity index (χ1n) is 4.89. The van der Waals surface area contributed by atoms with Gasteiger partial charge in [-0.05, 0) is 0 Å². The van der Waals surface area contributed by atoms with Gasteiger partial charge in [-0.3, -0.25) is 0 Å². The van der Waals surface area contributed by atoms with E-state index in [1.165, 1.54) is 33.7 Å². The predicted molar refractivity (Wildman–Crippen MR) is 70.5 cm³/mol. The molecule has 2 rings (SSSR count). The summed E-state index contributed by atoms with van der Waals surface area (Å²) >= 11 is 13.2. The summed E-state index contributed by atoms with van der Waals surface area (Å²) in [6.45, 7) is 0. The molecule has 0 spiro atoms. The van der Waals surface area contributed by atoms with Crippen LogP contribution in [0.1, 0.15) is 15.1 Å². The Labute approximate surface area is 119 Å². The minimum absolute atomic E-state index is 0.446. The summed E-state index contributed by atoms with van der Waals surface area (Å²) < 4.78 is 0.446. The van der Waals surface area contributed by atoms with E-state index in [2.05, 4.69) is 24.3 Å². The average molecular weight is 355 g/mol. The van der Waals surface area contributed by atoms with Crippen molar-refractivity contribution in [2.24, 2.45) is 0 Å². The molecule has 0 atom stereocenters. The summed E-state index contributed by atoms with van der Waals surface area (Å²) in [4.78, 5) is 0. The second-order valence-electron chi connectivity index (χ2n) is 3.54. The van der Waals surface area contributed by atoms with Gasteiger partial charge in [-0.2, -0.15) is 0 Å². The average Bonchev–Trinajstić information content (AvgIpc) is 2.30. The number of rotatable bonds is 2. The van der Waals surface area contributed by atoms with Crippen LogP contribution >= 0.6 is 23.2 Å². The van der Waals surface area contributed by atoms with E-state index >= 15 is 0 Å².